The van der Waals surface area contributed by atoms with Crippen LogP contribution < -0.4 is 14.8 Å². The summed E-state index contributed by atoms with van der Waals surface area (Å²) in [6.07, 6.45) is 1.82. The van der Waals surface area contributed by atoms with Crippen LogP contribution in [0.4, 0.5) is 11.4 Å². The van der Waals surface area contributed by atoms with Gasteiger partial charge >= 0.3 is 0 Å². The second kappa shape index (κ2) is 11.8. The second-order valence-electron chi connectivity index (χ2n) is 8.09. The van der Waals surface area contributed by atoms with Crippen molar-refractivity contribution in [3.63, 3.8) is 0 Å². The lowest BCUT2D eigenvalue weighted by atomic mass is 10.2. The third-order valence-electron chi connectivity index (χ3n) is 5.62. The Balaban J connectivity index is 1.51. The van der Waals surface area contributed by atoms with Crippen LogP contribution in [-0.2, 0) is 14.3 Å². The zero-order valence-corrected chi connectivity index (χ0v) is 21.2. The van der Waals surface area contributed by atoms with Crippen LogP contribution in [0, 0.1) is 0 Å². The minimum absolute atomic E-state index is 0.00129. The van der Waals surface area contributed by atoms with Crippen LogP contribution >= 0.6 is 23.4 Å². The number of para-hydroxylation sites is 2. The minimum atomic E-state index is -0.594. The number of nitrogens with zero attached hydrogens (tertiary/aromatic N) is 2. The van der Waals surface area contributed by atoms with Crippen LogP contribution in [0.3, 0.4) is 0 Å². The highest BCUT2D eigenvalue weighted by Gasteiger charge is 2.40. The molecule has 186 valence electrons. The normalized spacial score (nSPS) is 20.9. The number of hydrogen-bond acceptors (Lipinski definition) is 7. The number of nitrogens with one attached hydrogen (secondary N) is 1. The van der Waals surface area contributed by atoms with E-state index >= 15 is 0 Å². The van der Waals surface area contributed by atoms with Gasteiger partial charge in [-0.3, -0.25) is 14.5 Å². The van der Waals surface area contributed by atoms with Crippen LogP contribution in [0.15, 0.2) is 47.5 Å². The summed E-state index contributed by atoms with van der Waals surface area (Å²) in [7, 11) is 1.52. The maximum Gasteiger partial charge on any atom is 0.242 e. The van der Waals surface area contributed by atoms with E-state index in [0.29, 0.717) is 52.8 Å². The van der Waals surface area contributed by atoms with E-state index < -0.39 is 5.25 Å². The van der Waals surface area contributed by atoms with Crippen molar-refractivity contribution < 1.29 is 23.8 Å². The van der Waals surface area contributed by atoms with E-state index in [9.17, 15) is 9.59 Å². The van der Waals surface area contributed by atoms with Crippen LogP contribution in [0.5, 0.6) is 11.5 Å². The zero-order valence-electron chi connectivity index (χ0n) is 19.7. The van der Waals surface area contributed by atoms with Gasteiger partial charge in [-0.25, -0.2) is 4.99 Å². The fourth-order valence-electron chi connectivity index (χ4n) is 3.94. The Kier molecular flexibility index (Phi) is 8.54. The quantitative estimate of drug-likeness (QED) is 0.509. The highest BCUT2D eigenvalue weighted by Crippen LogP contribution is 2.36. The maximum absolute atomic E-state index is 13.3. The lowest BCUT2D eigenvalue weighted by Gasteiger charge is -2.20. The Bertz CT molecular complexity index is 1110. The molecule has 0 spiro atoms. The largest absolute Gasteiger partial charge is 0.495 e. The molecule has 35 heavy (non-hydrogen) atoms. The van der Waals surface area contributed by atoms with E-state index in [4.69, 9.17) is 30.8 Å². The first-order chi connectivity index (χ1) is 17.0. The summed E-state index contributed by atoms with van der Waals surface area (Å²) in [5, 5.41) is 3.15. The smallest absolute Gasteiger partial charge is 0.242 e. The van der Waals surface area contributed by atoms with E-state index in [2.05, 4.69) is 5.32 Å². The third-order valence-corrected chi connectivity index (χ3v) is 7.09. The predicted octanol–water partition coefficient (Wildman–Crippen LogP) is 4.89. The molecular weight excluding hydrogens is 490 g/mol. The molecule has 2 heterocycles. The molecule has 0 saturated carbocycles. The van der Waals surface area contributed by atoms with Gasteiger partial charge in [-0.1, -0.05) is 35.5 Å². The molecule has 4 rings (SSSR count). The first-order valence-electron chi connectivity index (χ1n) is 11.5. The second-order valence-corrected chi connectivity index (χ2v) is 9.66. The first kappa shape index (κ1) is 25.3. The lowest BCUT2D eigenvalue weighted by Crippen LogP contribution is -2.38. The number of amides is 2. The molecule has 0 unspecified atom stereocenters. The van der Waals surface area contributed by atoms with Gasteiger partial charge < -0.3 is 19.5 Å². The van der Waals surface area contributed by atoms with Gasteiger partial charge in [0, 0.05) is 18.7 Å². The molecule has 2 aliphatic heterocycles. The van der Waals surface area contributed by atoms with Gasteiger partial charge in [-0.15, -0.1) is 0 Å². The number of carbonyl (C=O) groups excluding carboxylic acids is 2. The number of thioether (sulfide) groups is 1. The van der Waals surface area contributed by atoms with Gasteiger partial charge in [0.1, 0.15) is 22.4 Å². The van der Waals surface area contributed by atoms with Crippen LogP contribution in [0.25, 0.3) is 0 Å². The number of aliphatic imine (C=N–C) groups is 1. The van der Waals surface area contributed by atoms with E-state index in [-0.39, 0.29) is 24.3 Å². The van der Waals surface area contributed by atoms with Crippen LogP contribution in [0.1, 0.15) is 26.2 Å². The van der Waals surface area contributed by atoms with Crippen molar-refractivity contribution in [2.75, 3.05) is 32.2 Å². The fourth-order valence-corrected chi connectivity index (χ4v) is 5.36. The summed E-state index contributed by atoms with van der Waals surface area (Å²) in [5.41, 5.74) is 1.17. The first-order valence-corrected chi connectivity index (χ1v) is 12.8. The van der Waals surface area contributed by atoms with E-state index in [1.165, 1.54) is 18.9 Å². The molecule has 2 aromatic rings. The van der Waals surface area contributed by atoms with Gasteiger partial charge in [0.2, 0.25) is 11.8 Å². The monoisotopic (exact) mass is 517 g/mol. The topological polar surface area (TPSA) is 89.5 Å². The molecule has 1 N–H and O–H groups in total. The summed E-state index contributed by atoms with van der Waals surface area (Å²) in [6, 6.07) is 12.4. The molecule has 2 aliphatic rings. The number of halogens is 1. The SMILES string of the molecule is CCOc1ccccc1N=C1S[C@H](CC(=O)Nc2ccc(OC)c(Cl)c2)C(=O)N1C[C@H]1CCCO1. The number of amidine groups is 1. The van der Waals surface area contributed by atoms with Gasteiger partial charge in [0.25, 0.3) is 0 Å². The summed E-state index contributed by atoms with van der Waals surface area (Å²) in [4.78, 5) is 32.5. The highest BCUT2D eigenvalue weighted by molar-refractivity contribution is 8.15. The van der Waals surface area contributed by atoms with Crippen molar-refractivity contribution in [2.45, 2.75) is 37.5 Å². The highest BCUT2D eigenvalue weighted by atomic mass is 35.5. The average Bonchev–Trinajstić information content (AvgIpc) is 3.45. The van der Waals surface area contributed by atoms with Gasteiger partial charge in [0.15, 0.2) is 5.17 Å². The van der Waals surface area contributed by atoms with Crippen molar-refractivity contribution >= 4 is 51.7 Å². The van der Waals surface area contributed by atoms with Crippen molar-refractivity contribution in [1.82, 2.24) is 4.90 Å². The molecule has 0 aliphatic carbocycles. The molecule has 2 atom stereocenters. The molecule has 0 radical (unpaired) electrons. The maximum atomic E-state index is 13.3. The summed E-state index contributed by atoms with van der Waals surface area (Å²) in [5.74, 6) is 0.723. The molecule has 2 fully saturated rings. The van der Waals surface area contributed by atoms with Crippen LogP contribution in [0.2, 0.25) is 5.02 Å². The Hall–Kier alpha value is -2.75. The standard InChI is InChI=1S/C25H28ClN3O5S/c1-3-33-21-9-5-4-8-19(21)28-25-29(15-17-7-6-12-34-17)24(31)22(35-25)14-23(30)27-16-10-11-20(32-2)18(26)13-16/h4-5,8-11,13,17,22H,3,6-7,12,14-15H2,1-2H3,(H,27,30)/t17-,22-/m1/s1. The minimum Gasteiger partial charge on any atom is -0.495 e. The number of carbonyl (C=O) groups is 2. The summed E-state index contributed by atoms with van der Waals surface area (Å²) < 4.78 is 16.6. The Morgan fingerprint density at radius 2 is 2.11 bits per heavy atom. The summed E-state index contributed by atoms with van der Waals surface area (Å²) >= 11 is 7.45. The number of ether oxygens (including phenoxy) is 3. The number of methoxy groups -OCH3 is 1. The van der Waals surface area contributed by atoms with Gasteiger partial charge in [-0.2, -0.15) is 0 Å². The molecule has 2 saturated heterocycles. The molecule has 0 bridgehead atoms. The van der Waals surface area contributed by atoms with Crippen molar-refractivity contribution in [3.8, 4) is 11.5 Å². The molecule has 10 heteroatoms. The van der Waals surface area contributed by atoms with Crippen LogP contribution in [-0.4, -0.2) is 60.1 Å². The van der Waals surface area contributed by atoms with E-state index in [1.54, 1.807) is 23.1 Å². The molecule has 8 nitrogen and oxygen atoms in total. The van der Waals surface area contributed by atoms with Crippen molar-refractivity contribution in [3.05, 3.63) is 47.5 Å². The molecule has 2 amide bonds. The zero-order chi connectivity index (χ0) is 24.8. The van der Waals surface area contributed by atoms with E-state index in [0.717, 1.165) is 12.8 Å². The average molecular weight is 518 g/mol. The molecule has 2 aromatic carbocycles. The van der Waals surface area contributed by atoms with Gasteiger partial charge in [-0.05, 0) is 50.1 Å². The Morgan fingerprint density at radius 3 is 2.83 bits per heavy atom. The number of benzene rings is 2. The molecule has 0 aromatic heterocycles. The Morgan fingerprint density at radius 1 is 1.29 bits per heavy atom. The lowest BCUT2D eigenvalue weighted by molar-refractivity contribution is -0.129. The fraction of sp³-hybridized carbons (Fsp3) is 0.400. The predicted molar refractivity (Wildman–Crippen MR) is 138 cm³/mol. The van der Waals surface area contributed by atoms with Crippen molar-refractivity contribution in [2.24, 2.45) is 4.99 Å². The van der Waals surface area contributed by atoms with Gasteiger partial charge in [0.05, 0.1) is 31.4 Å². The van der Waals surface area contributed by atoms with Crippen molar-refractivity contribution in [1.29, 1.82) is 0 Å². The third kappa shape index (κ3) is 6.28. The Labute approximate surface area is 214 Å². The number of hydrogen-bond donors (Lipinski definition) is 1. The number of rotatable bonds is 9. The summed E-state index contributed by atoms with van der Waals surface area (Å²) in [6.45, 7) is 3.52. The number of anilines is 1. The van der Waals surface area contributed by atoms with E-state index in [1.807, 2.05) is 31.2 Å². The molecular formula is C25H28ClN3O5S.